The van der Waals surface area contributed by atoms with Crippen molar-refractivity contribution in [2.45, 2.75) is 44.3 Å². The zero-order valence-corrected chi connectivity index (χ0v) is 14.5. The highest BCUT2D eigenvalue weighted by Gasteiger charge is 2.46. The first-order valence-corrected chi connectivity index (χ1v) is 8.50. The van der Waals surface area contributed by atoms with Crippen LogP contribution in [0.1, 0.15) is 48.1 Å². The van der Waals surface area contributed by atoms with E-state index < -0.39 is 18.1 Å². The molecule has 0 radical (unpaired) electrons. The monoisotopic (exact) mass is 351 g/mol. The number of hydrogen-bond donors (Lipinski definition) is 1. The molecule has 3 rings (SSSR count). The second-order valence-electron chi connectivity index (χ2n) is 6.61. The van der Waals surface area contributed by atoms with Gasteiger partial charge in [0.2, 0.25) is 0 Å². The third-order valence-corrected chi connectivity index (χ3v) is 4.96. The Morgan fingerprint density at radius 3 is 2.72 bits per heavy atom. The van der Waals surface area contributed by atoms with Crippen molar-refractivity contribution in [3.8, 4) is 0 Å². The van der Waals surface area contributed by atoms with Gasteiger partial charge in [0.1, 0.15) is 0 Å². The van der Waals surface area contributed by atoms with Crippen molar-refractivity contribution >= 4 is 0 Å². The summed E-state index contributed by atoms with van der Waals surface area (Å²) in [4.78, 5) is 0. The summed E-state index contributed by atoms with van der Waals surface area (Å²) in [5, 5.41) is 17.2. The molecule has 0 saturated carbocycles. The number of rotatable bonds is 4. The van der Waals surface area contributed by atoms with Crippen LogP contribution in [0.5, 0.6) is 0 Å². The number of fused-ring (bicyclic) bond motifs is 1. The van der Waals surface area contributed by atoms with E-state index in [9.17, 15) is 5.11 Å². The SMILES string of the molecule is COC(O)c1ccc(CC2CCCCc3c(nnn3C)C2(F)F)cc1. The molecular formula is C18H23F2N3O2. The highest BCUT2D eigenvalue weighted by molar-refractivity contribution is 5.25. The molecule has 0 spiro atoms. The summed E-state index contributed by atoms with van der Waals surface area (Å²) in [5.74, 6) is -3.82. The molecular weight excluding hydrogens is 328 g/mol. The van der Waals surface area contributed by atoms with Crippen LogP contribution in [0.3, 0.4) is 0 Å². The molecule has 1 aliphatic rings. The lowest BCUT2D eigenvalue weighted by Gasteiger charge is -2.28. The van der Waals surface area contributed by atoms with Crippen LogP contribution >= 0.6 is 0 Å². The zero-order chi connectivity index (χ0) is 18.0. The van der Waals surface area contributed by atoms with Gasteiger partial charge in [0.25, 0.3) is 5.92 Å². The summed E-state index contributed by atoms with van der Waals surface area (Å²) in [6.07, 6.45) is 1.91. The Kier molecular flexibility index (Phi) is 5.15. The summed E-state index contributed by atoms with van der Waals surface area (Å²) in [6, 6.07) is 6.95. The van der Waals surface area contributed by atoms with Crippen molar-refractivity contribution in [3.63, 3.8) is 0 Å². The van der Waals surface area contributed by atoms with Crippen molar-refractivity contribution in [1.29, 1.82) is 0 Å². The number of aliphatic hydroxyl groups is 1. The third kappa shape index (κ3) is 3.57. The van der Waals surface area contributed by atoms with Crippen LogP contribution in [0.4, 0.5) is 8.78 Å². The molecule has 136 valence electrons. The number of alkyl halides is 2. The van der Waals surface area contributed by atoms with Crippen LogP contribution in [-0.4, -0.2) is 27.2 Å². The number of ether oxygens (including phenoxy) is 1. The summed E-state index contributed by atoms with van der Waals surface area (Å²) in [6.45, 7) is 0. The predicted octanol–water partition coefficient (Wildman–Crippen LogP) is 3.13. The first-order valence-electron chi connectivity index (χ1n) is 8.50. The lowest BCUT2D eigenvalue weighted by Crippen LogP contribution is -2.31. The fourth-order valence-electron chi connectivity index (χ4n) is 3.44. The normalized spacial score (nSPS) is 21.2. The van der Waals surface area contributed by atoms with Gasteiger partial charge in [-0.2, -0.15) is 8.78 Å². The van der Waals surface area contributed by atoms with Crippen LogP contribution in [0, 0.1) is 5.92 Å². The van der Waals surface area contributed by atoms with E-state index in [-0.39, 0.29) is 12.1 Å². The van der Waals surface area contributed by atoms with Gasteiger partial charge in [0.15, 0.2) is 12.0 Å². The lowest BCUT2D eigenvalue weighted by atomic mass is 9.83. The molecule has 1 aliphatic carbocycles. The van der Waals surface area contributed by atoms with Gasteiger partial charge >= 0.3 is 0 Å². The first-order chi connectivity index (χ1) is 11.9. The van der Waals surface area contributed by atoms with Gasteiger partial charge in [-0.1, -0.05) is 35.9 Å². The average molecular weight is 351 g/mol. The molecule has 25 heavy (non-hydrogen) atoms. The van der Waals surface area contributed by atoms with Crippen LogP contribution in [0.2, 0.25) is 0 Å². The van der Waals surface area contributed by atoms with Gasteiger partial charge in [-0.25, -0.2) is 0 Å². The van der Waals surface area contributed by atoms with Crippen LogP contribution < -0.4 is 0 Å². The van der Waals surface area contributed by atoms with Crippen molar-refractivity contribution in [3.05, 3.63) is 46.8 Å². The van der Waals surface area contributed by atoms with Crippen molar-refractivity contribution in [2.75, 3.05) is 7.11 Å². The topological polar surface area (TPSA) is 60.2 Å². The molecule has 0 amide bonds. The zero-order valence-electron chi connectivity index (χ0n) is 14.5. The van der Waals surface area contributed by atoms with Gasteiger partial charge in [-0.15, -0.1) is 5.10 Å². The van der Waals surface area contributed by atoms with E-state index in [0.29, 0.717) is 24.1 Å². The number of nitrogens with zero attached hydrogens (tertiary/aromatic N) is 3. The molecule has 0 fully saturated rings. The number of aryl methyl sites for hydroxylation is 1. The fraction of sp³-hybridized carbons (Fsp3) is 0.556. The summed E-state index contributed by atoms with van der Waals surface area (Å²) < 4.78 is 36.5. The van der Waals surface area contributed by atoms with Crippen molar-refractivity contribution < 1.29 is 18.6 Å². The van der Waals surface area contributed by atoms with Crippen molar-refractivity contribution in [2.24, 2.45) is 13.0 Å². The minimum atomic E-state index is -3.01. The second-order valence-corrected chi connectivity index (χ2v) is 6.61. The highest BCUT2D eigenvalue weighted by atomic mass is 19.3. The Bertz CT molecular complexity index is 716. The Morgan fingerprint density at radius 2 is 2.04 bits per heavy atom. The molecule has 1 aromatic heterocycles. The Labute approximate surface area is 145 Å². The first kappa shape index (κ1) is 17.9. The van der Waals surface area contributed by atoms with Crippen LogP contribution in [0.25, 0.3) is 0 Å². The maximum atomic E-state index is 15.1. The molecule has 7 heteroatoms. The molecule has 1 N–H and O–H groups in total. The molecule has 2 aromatic rings. The van der Waals surface area contributed by atoms with Crippen LogP contribution in [-0.2, 0) is 30.5 Å². The maximum Gasteiger partial charge on any atom is 0.296 e. The molecule has 1 heterocycles. The van der Waals surface area contributed by atoms with E-state index in [1.54, 1.807) is 31.3 Å². The van der Waals surface area contributed by atoms with Gasteiger partial charge < -0.3 is 9.84 Å². The van der Waals surface area contributed by atoms with Gasteiger partial charge in [-0.3, -0.25) is 4.68 Å². The van der Waals surface area contributed by atoms with Gasteiger partial charge in [0.05, 0.1) is 5.69 Å². The van der Waals surface area contributed by atoms with E-state index >= 15 is 8.78 Å². The minimum absolute atomic E-state index is 0.175. The average Bonchev–Trinajstić information content (AvgIpc) is 2.97. The number of hydrogen-bond acceptors (Lipinski definition) is 4. The Morgan fingerprint density at radius 1 is 1.32 bits per heavy atom. The van der Waals surface area contributed by atoms with E-state index in [2.05, 4.69) is 10.3 Å². The fourth-order valence-corrected chi connectivity index (χ4v) is 3.44. The maximum absolute atomic E-state index is 15.1. The third-order valence-electron chi connectivity index (χ3n) is 4.96. The highest BCUT2D eigenvalue weighted by Crippen LogP contribution is 2.42. The smallest absolute Gasteiger partial charge is 0.296 e. The molecule has 5 nitrogen and oxygen atoms in total. The summed E-state index contributed by atoms with van der Waals surface area (Å²) in [7, 11) is 3.07. The van der Waals surface area contributed by atoms with E-state index in [1.807, 2.05) is 0 Å². The molecule has 2 unspecified atom stereocenters. The largest absolute Gasteiger partial charge is 0.364 e. The Hall–Kier alpha value is -1.86. The molecule has 1 aromatic carbocycles. The lowest BCUT2D eigenvalue weighted by molar-refractivity contribution is -0.0774. The molecule has 0 aliphatic heterocycles. The Balaban J connectivity index is 1.84. The van der Waals surface area contributed by atoms with E-state index in [4.69, 9.17) is 4.74 Å². The number of halogens is 2. The van der Waals surface area contributed by atoms with Crippen molar-refractivity contribution in [1.82, 2.24) is 15.0 Å². The summed E-state index contributed by atoms with van der Waals surface area (Å²) in [5.41, 5.74) is 1.77. The number of aliphatic hydroxyl groups excluding tert-OH is 1. The van der Waals surface area contributed by atoms with Gasteiger partial charge in [0, 0.05) is 25.6 Å². The van der Waals surface area contributed by atoms with E-state index in [0.717, 1.165) is 18.4 Å². The second kappa shape index (κ2) is 7.17. The summed E-state index contributed by atoms with van der Waals surface area (Å²) >= 11 is 0. The predicted molar refractivity (Wildman–Crippen MR) is 88.1 cm³/mol. The molecule has 0 bridgehead atoms. The number of aromatic nitrogens is 3. The number of methoxy groups -OCH3 is 1. The van der Waals surface area contributed by atoms with E-state index in [1.165, 1.54) is 11.8 Å². The quantitative estimate of drug-likeness (QED) is 0.860. The minimum Gasteiger partial charge on any atom is -0.364 e. The molecule has 0 saturated heterocycles. The molecule has 2 atom stereocenters. The van der Waals surface area contributed by atoms with Gasteiger partial charge in [-0.05, 0) is 31.2 Å². The number of benzene rings is 1. The standard InChI is InChI=1S/C18H23F2N3O2/c1-23-15-6-4-3-5-14(18(19,20)16(15)21-22-23)11-12-7-9-13(10-8-12)17(24)25-2/h7-10,14,17,24H,3-6,11H2,1-2H3. The van der Waals surface area contributed by atoms with Crippen LogP contribution in [0.15, 0.2) is 24.3 Å².